The molecular weight excluding hydrogens is 206 g/mol. The fourth-order valence-electron chi connectivity index (χ4n) is 0.908. The third kappa shape index (κ3) is 5.08. The van der Waals surface area contributed by atoms with Crippen LogP contribution in [0.4, 0.5) is 4.79 Å². The lowest BCUT2D eigenvalue weighted by molar-refractivity contribution is 0.263. The Labute approximate surface area is 94.1 Å². The van der Waals surface area contributed by atoms with Crippen LogP contribution in [-0.4, -0.2) is 5.24 Å². The van der Waals surface area contributed by atoms with Gasteiger partial charge in [0.15, 0.2) is 0 Å². The zero-order valence-corrected chi connectivity index (χ0v) is 9.33. The van der Waals surface area contributed by atoms with Gasteiger partial charge in [-0.25, -0.2) is 0 Å². The van der Waals surface area contributed by atoms with E-state index in [0.29, 0.717) is 0 Å². The lowest BCUT2D eigenvalue weighted by atomic mass is 10.4. The van der Waals surface area contributed by atoms with Gasteiger partial charge in [-0.1, -0.05) is 30.4 Å². The van der Waals surface area contributed by atoms with Crippen molar-refractivity contribution in [1.82, 2.24) is 5.32 Å². The van der Waals surface area contributed by atoms with Crippen molar-refractivity contribution >= 4 is 17.0 Å². The van der Waals surface area contributed by atoms with Gasteiger partial charge in [0.25, 0.3) is 5.24 Å². The number of rotatable bonds is 3. The Balaban J connectivity index is 2.37. The minimum Gasteiger partial charge on any atom is -0.323 e. The predicted molar refractivity (Wildman–Crippen MR) is 64.8 cm³/mol. The highest BCUT2D eigenvalue weighted by Gasteiger charge is 1.99. The van der Waals surface area contributed by atoms with Crippen molar-refractivity contribution in [3.63, 3.8) is 0 Å². The molecule has 0 fully saturated rings. The van der Waals surface area contributed by atoms with E-state index in [0.717, 1.165) is 4.90 Å². The van der Waals surface area contributed by atoms with Crippen molar-refractivity contribution < 1.29 is 4.79 Å². The molecule has 0 aromatic heterocycles. The molecule has 0 saturated heterocycles. The first kappa shape index (κ1) is 11.6. The van der Waals surface area contributed by atoms with Crippen LogP contribution in [0.25, 0.3) is 0 Å². The molecule has 0 aliphatic heterocycles. The fraction of sp³-hybridized carbons (Fsp3) is 0.0833. The molecule has 0 spiro atoms. The summed E-state index contributed by atoms with van der Waals surface area (Å²) in [6, 6.07) is 9.55. The van der Waals surface area contributed by atoms with Crippen LogP contribution in [0.2, 0.25) is 0 Å². The van der Waals surface area contributed by atoms with Crippen LogP contribution >= 0.6 is 11.8 Å². The summed E-state index contributed by atoms with van der Waals surface area (Å²) in [5.74, 6) is 0. The van der Waals surface area contributed by atoms with Crippen molar-refractivity contribution in [3.8, 4) is 0 Å². The molecular formula is C12H13NOS. The Bertz CT molecular complexity index is 357. The van der Waals surface area contributed by atoms with E-state index in [2.05, 4.69) is 5.32 Å². The summed E-state index contributed by atoms with van der Waals surface area (Å²) >= 11 is 1.18. The number of amides is 1. The summed E-state index contributed by atoms with van der Waals surface area (Å²) in [5, 5.41) is 2.58. The first-order chi connectivity index (χ1) is 7.33. The smallest absolute Gasteiger partial charge is 0.287 e. The SMILES string of the molecule is C/C=C/C=C/NC(=O)Sc1ccccc1. The van der Waals surface area contributed by atoms with Crippen LogP contribution < -0.4 is 5.32 Å². The Morgan fingerprint density at radius 1 is 1.27 bits per heavy atom. The molecule has 1 N–H and O–H groups in total. The van der Waals surface area contributed by atoms with Crippen LogP contribution in [0.3, 0.4) is 0 Å². The highest BCUT2D eigenvalue weighted by atomic mass is 32.2. The first-order valence-electron chi connectivity index (χ1n) is 4.64. The molecule has 3 heteroatoms. The van der Waals surface area contributed by atoms with Crippen LogP contribution in [0, 0.1) is 0 Å². The standard InChI is InChI=1S/C12H13NOS/c1-2-3-7-10-13-12(14)15-11-8-5-4-6-9-11/h2-10H,1H3,(H,13,14)/b3-2+,10-7+. The maximum absolute atomic E-state index is 11.4. The van der Waals surface area contributed by atoms with Gasteiger partial charge in [0.1, 0.15) is 0 Å². The highest BCUT2D eigenvalue weighted by molar-refractivity contribution is 8.13. The van der Waals surface area contributed by atoms with Crippen molar-refractivity contribution in [2.75, 3.05) is 0 Å². The van der Waals surface area contributed by atoms with Gasteiger partial charge in [-0.05, 0) is 36.9 Å². The Morgan fingerprint density at radius 2 is 2.00 bits per heavy atom. The molecule has 0 unspecified atom stereocenters. The number of thioether (sulfide) groups is 1. The van der Waals surface area contributed by atoms with Crippen molar-refractivity contribution in [2.45, 2.75) is 11.8 Å². The number of hydrogen-bond donors (Lipinski definition) is 1. The van der Waals surface area contributed by atoms with E-state index in [9.17, 15) is 4.79 Å². The Morgan fingerprint density at radius 3 is 2.67 bits per heavy atom. The van der Waals surface area contributed by atoms with E-state index < -0.39 is 0 Å². The number of benzene rings is 1. The molecule has 0 bridgehead atoms. The summed E-state index contributed by atoms with van der Waals surface area (Å²) in [4.78, 5) is 12.3. The van der Waals surface area contributed by atoms with E-state index in [-0.39, 0.29) is 5.24 Å². The molecule has 15 heavy (non-hydrogen) atoms. The first-order valence-corrected chi connectivity index (χ1v) is 5.46. The quantitative estimate of drug-likeness (QED) is 0.622. The number of hydrogen-bond acceptors (Lipinski definition) is 2. The largest absolute Gasteiger partial charge is 0.323 e. The van der Waals surface area contributed by atoms with Crippen LogP contribution in [0.1, 0.15) is 6.92 Å². The molecule has 0 atom stereocenters. The molecule has 0 heterocycles. The molecule has 1 amide bonds. The van der Waals surface area contributed by atoms with Gasteiger partial charge in [-0.3, -0.25) is 4.79 Å². The second-order valence-corrected chi connectivity index (χ2v) is 3.78. The molecule has 78 valence electrons. The summed E-state index contributed by atoms with van der Waals surface area (Å²) in [6.07, 6.45) is 7.15. The predicted octanol–water partition coefficient (Wildman–Crippen LogP) is 3.58. The zero-order chi connectivity index (χ0) is 10.9. The molecule has 0 radical (unpaired) electrons. The van der Waals surface area contributed by atoms with Crippen LogP contribution in [0.5, 0.6) is 0 Å². The molecule has 1 aromatic carbocycles. The van der Waals surface area contributed by atoms with Gasteiger partial charge in [0.2, 0.25) is 0 Å². The normalized spacial score (nSPS) is 11.0. The van der Waals surface area contributed by atoms with E-state index in [1.54, 1.807) is 12.3 Å². The minimum absolute atomic E-state index is 0.0815. The maximum Gasteiger partial charge on any atom is 0.287 e. The van der Waals surface area contributed by atoms with E-state index in [4.69, 9.17) is 0 Å². The van der Waals surface area contributed by atoms with E-state index in [1.807, 2.05) is 49.4 Å². The molecule has 0 saturated carbocycles. The van der Waals surface area contributed by atoms with Gasteiger partial charge in [-0.15, -0.1) is 0 Å². The molecule has 0 aliphatic carbocycles. The minimum atomic E-state index is -0.0815. The van der Waals surface area contributed by atoms with Crippen molar-refractivity contribution in [3.05, 3.63) is 54.8 Å². The fourth-order valence-corrected chi connectivity index (χ4v) is 1.54. The highest BCUT2D eigenvalue weighted by Crippen LogP contribution is 2.17. The Kier molecular flexibility index (Phi) is 5.33. The van der Waals surface area contributed by atoms with Crippen molar-refractivity contribution in [1.29, 1.82) is 0 Å². The molecule has 1 rings (SSSR count). The number of nitrogens with one attached hydrogen (secondary N) is 1. The number of allylic oxidation sites excluding steroid dienone is 3. The number of carbonyl (C=O) groups excluding carboxylic acids is 1. The van der Waals surface area contributed by atoms with Gasteiger partial charge < -0.3 is 5.32 Å². The van der Waals surface area contributed by atoms with Crippen LogP contribution in [0.15, 0.2) is 59.7 Å². The summed E-state index contributed by atoms with van der Waals surface area (Å²) in [5.41, 5.74) is 0. The van der Waals surface area contributed by atoms with Gasteiger partial charge >= 0.3 is 0 Å². The summed E-state index contributed by atoms with van der Waals surface area (Å²) in [7, 11) is 0. The molecule has 0 aliphatic rings. The monoisotopic (exact) mass is 219 g/mol. The van der Waals surface area contributed by atoms with E-state index in [1.165, 1.54) is 11.8 Å². The second kappa shape index (κ2) is 6.90. The Hall–Kier alpha value is -1.48. The third-order valence-electron chi connectivity index (χ3n) is 1.55. The average molecular weight is 219 g/mol. The van der Waals surface area contributed by atoms with Gasteiger partial charge in [0.05, 0.1) is 0 Å². The topological polar surface area (TPSA) is 29.1 Å². The van der Waals surface area contributed by atoms with Gasteiger partial charge in [-0.2, -0.15) is 0 Å². The van der Waals surface area contributed by atoms with Crippen molar-refractivity contribution in [2.24, 2.45) is 0 Å². The third-order valence-corrected chi connectivity index (χ3v) is 2.37. The van der Waals surface area contributed by atoms with E-state index >= 15 is 0 Å². The average Bonchev–Trinajstić information content (AvgIpc) is 2.26. The second-order valence-electron chi connectivity index (χ2n) is 2.73. The molecule has 1 aromatic rings. The molecule has 2 nitrogen and oxygen atoms in total. The summed E-state index contributed by atoms with van der Waals surface area (Å²) in [6.45, 7) is 1.92. The summed E-state index contributed by atoms with van der Waals surface area (Å²) < 4.78 is 0. The lowest BCUT2D eigenvalue weighted by Gasteiger charge is -1.98. The number of carbonyl (C=O) groups is 1. The maximum atomic E-state index is 11.4. The lowest BCUT2D eigenvalue weighted by Crippen LogP contribution is -2.09. The van der Waals surface area contributed by atoms with Crippen LogP contribution in [-0.2, 0) is 0 Å². The zero-order valence-electron chi connectivity index (χ0n) is 8.51. The van der Waals surface area contributed by atoms with Gasteiger partial charge in [0, 0.05) is 11.1 Å².